The lowest BCUT2D eigenvalue weighted by Gasteiger charge is -1.99. The molecule has 0 aromatic carbocycles. The van der Waals surface area contributed by atoms with E-state index in [-0.39, 0.29) is 6.61 Å². The van der Waals surface area contributed by atoms with Gasteiger partial charge in [-0.05, 0) is 6.42 Å². The molecule has 0 fully saturated rings. The number of unbranched alkanes of at least 4 members (excludes halogenated alkanes) is 1. The first-order valence-electron chi connectivity index (χ1n) is 4.41. The fourth-order valence-electron chi connectivity index (χ4n) is 0.807. The van der Waals surface area contributed by atoms with E-state index in [9.17, 15) is 0 Å². The Hall–Kier alpha value is -0.610. The van der Waals surface area contributed by atoms with E-state index in [1.165, 1.54) is 12.8 Å². The van der Waals surface area contributed by atoms with E-state index in [1.807, 2.05) is 0 Å². The number of nitrogens with zero attached hydrogens (tertiary/aromatic N) is 2. The maximum Gasteiger partial charge on any atom is 0.187 e. The Labute approximate surface area is 82.6 Å². The molecule has 3 nitrogen and oxygen atoms in total. The summed E-state index contributed by atoms with van der Waals surface area (Å²) in [4.78, 5) is 8.23. The highest BCUT2D eigenvalue weighted by molar-refractivity contribution is 7.99. The molecule has 0 aliphatic heterocycles. The van der Waals surface area contributed by atoms with Gasteiger partial charge in [0.05, 0.1) is 6.61 Å². The third kappa shape index (κ3) is 3.74. The number of aliphatic hydroxyl groups is 1. The lowest BCUT2D eigenvalue weighted by Crippen LogP contribution is -1.91. The molecule has 1 heterocycles. The van der Waals surface area contributed by atoms with E-state index in [2.05, 4.69) is 16.9 Å². The zero-order chi connectivity index (χ0) is 9.52. The molecule has 0 bridgehead atoms. The quantitative estimate of drug-likeness (QED) is 0.445. The summed E-state index contributed by atoms with van der Waals surface area (Å²) in [5, 5.41) is 9.55. The topological polar surface area (TPSA) is 46.0 Å². The predicted octanol–water partition coefficient (Wildman–Crippen LogP) is 1.86. The molecule has 1 aromatic heterocycles. The van der Waals surface area contributed by atoms with Gasteiger partial charge in [0, 0.05) is 23.7 Å². The third-order valence-corrected chi connectivity index (χ3v) is 2.56. The second-order valence-electron chi connectivity index (χ2n) is 2.73. The van der Waals surface area contributed by atoms with Crippen molar-refractivity contribution in [1.82, 2.24) is 9.97 Å². The Morgan fingerprint density at radius 2 is 2.08 bits per heavy atom. The Morgan fingerprint density at radius 3 is 2.62 bits per heavy atom. The first-order chi connectivity index (χ1) is 6.36. The van der Waals surface area contributed by atoms with Crippen molar-refractivity contribution in [3.8, 4) is 0 Å². The van der Waals surface area contributed by atoms with E-state index >= 15 is 0 Å². The van der Waals surface area contributed by atoms with Crippen LogP contribution in [0.3, 0.4) is 0 Å². The lowest BCUT2D eigenvalue weighted by atomic mass is 10.4. The van der Waals surface area contributed by atoms with Gasteiger partial charge in [0.2, 0.25) is 0 Å². The summed E-state index contributed by atoms with van der Waals surface area (Å²) in [6.07, 6.45) is 5.72. The average molecular weight is 198 g/mol. The van der Waals surface area contributed by atoms with E-state index in [4.69, 9.17) is 5.11 Å². The highest BCUT2D eigenvalue weighted by Crippen LogP contribution is 2.13. The van der Waals surface area contributed by atoms with Gasteiger partial charge < -0.3 is 5.11 Å². The van der Waals surface area contributed by atoms with Crippen molar-refractivity contribution in [3.05, 3.63) is 18.0 Å². The van der Waals surface area contributed by atoms with Gasteiger partial charge in [-0.2, -0.15) is 0 Å². The third-order valence-electron chi connectivity index (χ3n) is 1.59. The van der Waals surface area contributed by atoms with Crippen LogP contribution >= 0.6 is 11.8 Å². The fraction of sp³-hybridized carbons (Fsp3) is 0.556. The maximum atomic E-state index is 8.76. The van der Waals surface area contributed by atoms with Crippen molar-refractivity contribution >= 4 is 11.8 Å². The van der Waals surface area contributed by atoms with Crippen LogP contribution in [-0.4, -0.2) is 20.8 Å². The second kappa shape index (κ2) is 5.94. The van der Waals surface area contributed by atoms with Gasteiger partial charge >= 0.3 is 0 Å². The molecule has 0 aliphatic carbocycles. The molecule has 0 saturated carbocycles. The molecule has 0 amide bonds. The Balaban J connectivity index is 2.40. The second-order valence-corrected chi connectivity index (χ2v) is 3.80. The average Bonchev–Trinajstić information content (AvgIpc) is 2.19. The van der Waals surface area contributed by atoms with Crippen LogP contribution in [0.5, 0.6) is 0 Å². The molecule has 13 heavy (non-hydrogen) atoms. The first-order valence-corrected chi connectivity index (χ1v) is 5.40. The number of thioether (sulfide) groups is 1. The summed E-state index contributed by atoms with van der Waals surface area (Å²) < 4.78 is 0. The van der Waals surface area contributed by atoms with Gasteiger partial charge in [-0.1, -0.05) is 25.1 Å². The molecule has 0 atom stereocenters. The minimum atomic E-state index is 0.0138. The molecule has 0 spiro atoms. The highest BCUT2D eigenvalue weighted by Gasteiger charge is 1.96. The minimum absolute atomic E-state index is 0.0138. The van der Waals surface area contributed by atoms with Crippen LogP contribution < -0.4 is 0 Å². The molecule has 1 rings (SSSR count). The molecule has 0 aliphatic rings. The van der Waals surface area contributed by atoms with Crippen LogP contribution in [0.4, 0.5) is 0 Å². The van der Waals surface area contributed by atoms with Crippen molar-refractivity contribution in [2.75, 3.05) is 5.75 Å². The lowest BCUT2D eigenvalue weighted by molar-refractivity contribution is 0.280. The van der Waals surface area contributed by atoms with Crippen molar-refractivity contribution in [2.45, 2.75) is 31.5 Å². The van der Waals surface area contributed by atoms with Gasteiger partial charge in [0.15, 0.2) is 5.16 Å². The van der Waals surface area contributed by atoms with Crippen molar-refractivity contribution < 1.29 is 5.11 Å². The van der Waals surface area contributed by atoms with Gasteiger partial charge in [-0.25, -0.2) is 9.97 Å². The zero-order valence-corrected chi connectivity index (χ0v) is 8.55. The first kappa shape index (κ1) is 10.5. The van der Waals surface area contributed by atoms with E-state index < -0.39 is 0 Å². The maximum absolute atomic E-state index is 8.76. The number of rotatable bonds is 5. The van der Waals surface area contributed by atoms with Gasteiger partial charge in [-0.15, -0.1) is 0 Å². The predicted molar refractivity (Wildman–Crippen MR) is 53.6 cm³/mol. The summed E-state index contributed by atoms with van der Waals surface area (Å²) >= 11 is 1.66. The number of aromatic nitrogens is 2. The Bertz CT molecular complexity index is 238. The molecule has 4 heteroatoms. The summed E-state index contributed by atoms with van der Waals surface area (Å²) in [6.45, 7) is 2.18. The van der Waals surface area contributed by atoms with E-state index in [1.54, 1.807) is 24.2 Å². The Morgan fingerprint density at radius 1 is 1.38 bits per heavy atom. The summed E-state index contributed by atoms with van der Waals surface area (Å²) in [5.74, 6) is 1.06. The number of hydrogen-bond acceptors (Lipinski definition) is 4. The van der Waals surface area contributed by atoms with E-state index in [0.29, 0.717) is 0 Å². The molecular formula is C9H14N2OS. The monoisotopic (exact) mass is 198 g/mol. The van der Waals surface area contributed by atoms with Crippen LogP contribution in [0.2, 0.25) is 0 Å². The molecule has 0 unspecified atom stereocenters. The summed E-state index contributed by atoms with van der Waals surface area (Å²) in [5.41, 5.74) is 0.764. The van der Waals surface area contributed by atoms with Crippen molar-refractivity contribution in [1.29, 1.82) is 0 Å². The highest BCUT2D eigenvalue weighted by atomic mass is 32.2. The standard InChI is InChI=1S/C9H14N2OS/c1-2-3-4-13-9-10-5-8(7-12)6-11-9/h5-6,12H,2-4,7H2,1H3. The fourth-order valence-corrected chi connectivity index (χ4v) is 1.68. The normalized spacial score (nSPS) is 10.3. The van der Waals surface area contributed by atoms with Gasteiger partial charge in [0.25, 0.3) is 0 Å². The van der Waals surface area contributed by atoms with Crippen molar-refractivity contribution in [3.63, 3.8) is 0 Å². The van der Waals surface area contributed by atoms with Crippen LogP contribution in [-0.2, 0) is 6.61 Å². The molecular weight excluding hydrogens is 184 g/mol. The van der Waals surface area contributed by atoms with Crippen molar-refractivity contribution in [2.24, 2.45) is 0 Å². The smallest absolute Gasteiger partial charge is 0.187 e. The molecule has 72 valence electrons. The molecule has 0 radical (unpaired) electrons. The molecule has 1 aromatic rings. The number of aliphatic hydroxyl groups excluding tert-OH is 1. The van der Waals surface area contributed by atoms with Gasteiger partial charge in [-0.3, -0.25) is 0 Å². The van der Waals surface area contributed by atoms with E-state index in [0.717, 1.165) is 16.5 Å². The van der Waals surface area contributed by atoms with Crippen LogP contribution in [0.15, 0.2) is 17.6 Å². The molecule has 0 saturated heterocycles. The largest absolute Gasteiger partial charge is 0.392 e. The molecule has 1 N–H and O–H groups in total. The van der Waals surface area contributed by atoms with Crippen LogP contribution in [0.25, 0.3) is 0 Å². The number of hydrogen-bond donors (Lipinski definition) is 1. The summed E-state index contributed by atoms with van der Waals surface area (Å²) in [7, 11) is 0. The van der Waals surface area contributed by atoms with Gasteiger partial charge in [0.1, 0.15) is 0 Å². The Kier molecular flexibility index (Phi) is 4.78. The van der Waals surface area contributed by atoms with Crippen LogP contribution in [0, 0.1) is 0 Å². The zero-order valence-electron chi connectivity index (χ0n) is 7.73. The van der Waals surface area contributed by atoms with Crippen LogP contribution in [0.1, 0.15) is 25.3 Å². The minimum Gasteiger partial charge on any atom is -0.392 e. The summed E-state index contributed by atoms with van der Waals surface area (Å²) in [6, 6.07) is 0. The SMILES string of the molecule is CCCCSc1ncc(CO)cn1.